The fourth-order valence-electron chi connectivity index (χ4n) is 2.78. The molecule has 0 aliphatic carbocycles. The summed E-state index contributed by atoms with van der Waals surface area (Å²) in [6.45, 7) is 8.77. The number of hydrogen-bond acceptors (Lipinski definition) is 3. The summed E-state index contributed by atoms with van der Waals surface area (Å²) < 4.78 is 0. The summed E-state index contributed by atoms with van der Waals surface area (Å²) in [5.41, 5.74) is 2.54. The van der Waals surface area contributed by atoms with Crippen molar-refractivity contribution >= 4 is 11.6 Å². The van der Waals surface area contributed by atoms with E-state index in [2.05, 4.69) is 17.2 Å². The average molecular weight is 275 g/mol. The second kappa shape index (κ2) is 6.73. The first-order valence-electron chi connectivity index (χ1n) is 7.65. The minimum absolute atomic E-state index is 0.114. The molecule has 1 aliphatic rings. The van der Waals surface area contributed by atoms with Gasteiger partial charge in [-0.1, -0.05) is 13.3 Å². The number of carbonyl (C=O) groups is 1. The van der Waals surface area contributed by atoms with Crippen molar-refractivity contribution in [3.8, 4) is 0 Å². The molecule has 2 rings (SSSR count). The summed E-state index contributed by atoms with van der Waals surface area (Å²) in [4.78, 5) is 18.9. The van der Waals surface area contributed by atoms with Crippen LogP contribution in [0.25, 0.3) is 0 Å². The summed E-state index contributed by atoms with van der Waals surface area (Å²) >= 11 is 0. The summed E-state index contributed by atoms with van der Waals surface area (Å²) in [7, 11) is 0. The second-order valence-corrected chi connectivity index (χ2v) is 5.55. The fraction of sp³-hybridized carbons (Fsp3) is 0.625. The predicted octanol–water partition coefficient (Wildman–Crippen LogP) is 3.08. The molecule has 1 aromatic heterocycles. The number of rotatable bonds is 4. The van der Waals surface area contributed by atoms with Crippen molar-refractivity contribution in [2.45, 2.75) is 40.0 Å². The van der Waals surface area contributed by atoms with Crippen LogP contribution in [0, 0.1) is 12.8 Å². The van der Waals surface area contributed by atoms with Crippen molar-refractivity contribution in [2.24, 2.45) is 5.92 Å². The Bertz CT molecular complexity index is 465. The van der Waals surface area contributed by atoms with Crippen LogP contribution < -0.4 is 5.32 Å². The van der Waals surface area contributed by atoms with Crippen LogP contribution in [0.3, 0.4) is 0 Å². The molecule has 20 heavy (non-hydrogen) atoms. The van der Waals surface area contributed by atoms with Crippen LogP contribution in [0.15, 0.2) is 12.3 Å². The van der Waals surface area contributed by atoms with E-state index in [9.17, 15) is 4.79 Å². The lowest BCUT2D eigenvalue weighted by Crippen LogP contribution is -2.38. The minimum Gasteiger partial charge on any atom is -0.385 e. The van der Waals surface area contributed by atoms with Gasteiger partial charge in [-0.05, 0) is 38.7 Å². The van der Waals surface area contributed by atoms with Gasteiger partial charge in [0, 0.05) is 31.5 Å². The maximum Gasteiger partial charge on any atom is 0.257 e. The Morgan fingerprint density at radius 3 is 2.70 bits per heavy atom. The molecule has 1 fully saturated rings. The molecule has 0 unspecified atom stereocenters. The SMILES string of the molecule is CCNc1cc(C)ncc1C(=O)N1CCC(CC)CC1. The number of anilines is 1. The molecule has 0 saturated carbocycles. The van der Waals surface area contributed by atoms with Gasteiger partial charge in [0.15, 0.2) is 0 Å². The molecule has 1 aliphatic heterocycles. The van der Waals surface area contributed by atoms with Gasteiger partial charge in [0.1, 0.15) is 0 Å². The minimum atomic E-state index is 0.114. The second-order valence-electron chi connectivity index (χ2n) is 5.55. The molecule has 4 heteroatoms. The van der Waals surface area contributed by atoms with Crippen LogP contribution in [-0.2, 0) is 0 Å². The van der Waals surface area contributed by atoms with E-state index in [1.165, 1.54) is 6.42 Å². The van der Waals surface area contributed by atoms with Gasteiger partial charge in [-0.25, -0.2) is 0 Å². The number of pyridine rings is 1. The van der Waals surface area contributed by atoms with Crippen molar-refractivity contribution in [2.75, 3.05) is 25.0 Å². The third-order valence-electron chi connectivity index (χ3n) is 4.12. The number of nitrogens with zero attached hydrogens (tertiary/aromatic N) is 2. The summed E-state index contributed by atoms with van der Waals surface area (Å²) in [5, 5.41) is 3.27. The lowest BCUT2D eigenvalue weighted by atomic mass is 9.94. The Labute approximate surface area is 121 Å². The van der Waals surface area contributed by atoms with Gasteiger partial charge in [0.25, 0.3) is 5.91 Å². The molecule has 0 aromatic carbocycles. The van der Waals surface area contributed by atoms with E-state index in [1.54, 1.807) is 6.20 Å². The molecule has 1 aromatic rings. The molecular weight excluding hydrogens is 250 g/mol. The van der Waals surface area contributed by atoms with Crippen molar-refractivity contribution in [1.29, 1.82) is 0 Å². The average Bonchev–Trinajstić information content (AvgIpc) is 2.47. The fourth-order valence-corrected chi connectivity index (χ4v) is 2.78. The summed E-state index contributed by atoms with van der Waals surface area (Å²) in [5.74, 6) is 0.895. The largest absolute Gasteiger partial charge is 0.385 e. The monoisotopic (exact) mass is 275 g/mol. The quantitative estimate of drug-likeness (QED) is 0.918. The van der Waals surface area contributed by atoms with Gasteiger partial charge in [-0.15, -0.1) is 0 Å². The van der Waals surface area contributed by atoms with E-state index in [0.29, 0.717) is 5.56 Å². The molecule has 0 atom stereocenters. The maximum atomic E-state index is 12.6. The first-order chi connectivity index (χ1) is 9.65. The Morgan fingerprint density at radius 2 is 2.10 bits per heavy atom. The highest BCUT2D eigenvalue weighted by molar-refractivity contribution is 5.99. The number of likely N-dealkylation sites (tertiary alicyclic amines) is 1. The zero-order valence-corrected chi connectivity index (χ0v) is 12.8. The number of aromatic nitrogens is 1. The normalized spacial score (nSPS) is 16.2. The lowest BCUT2D eigenvalue weighted by molar-refractivity contribution is 0.0689. The van der Waals surface area contributed by atoms with Crippen molar-refractivity contribution in [3.05, 3.63) is 23.5 Å². The van der Waals surface area contributed by atoms with E-state index < -0.39 is 0 Å². The van der Waals surface area contributed by atoms with Crippen LogP contribution in [0.5, 0.6) is 0 Å². The Hall–Kier alpha value is -1.58. The highest BCUT2D eigenvalue weighted by Crippen LogP contribution is 2.23. The van der Waals surface area contributed by atoms with Gasteiger partial charge in [-0.3, -0.25) is 9.78 Å². The third-order valence-corrected chi connectivity index (χ3v) is 4.12. The van der Waals surface area contributed by atoms with Gasteiger partial charge >= 0.3 is 0 Å². The molecule has 110 valence electrons. The molecule has 1 amide bonds. The van der Waals surface area contributed by atoms with E-state index in [1.807, 2.05) is 24.8 Å². The summed E-state index contributed by atoms with van der Waals surface area (Å²) in [6, 6.07) is 1.95. The number of nitrogens with one attached hydrogen (secondary N) is 1. The third kappa shape index (κ3) is 3.30. The molecule has 4 nitrogen and oxygen atoms in total. The molecule has 1 N–H and O–H groups in total. The van der Waals surface area contributed by atoms with Crippen molar-refractivity contribution in [1.82, 2.24) is 9.88 Å². The first-order valence-corrected chi connectivity index (χ1v) is 7.65. The molecule has 1 saturated heterocycles. The van der Waals surface area contributed by atoms with E-state index in [4.69, 9.17) is 0 Å². The molecule has 0 bridgehead atoms. The van der Waals surface area contributed by atoms with E-state index >= 15 is 0 Å². The maximum absolute atomic E-state index is 12.6. The summed E-state index contributed by atoms with van der Waals surface area (Å²) in [6.07, 6.45) is 5.18. The Kier molecular flexibility index (Phi) is 4.99. The van der Waals surface area contributed by atoms with Crippen LogP contribution >= 0.6 is 0 Å². The number of hydrogen-bond donors (Lipinski definition) is 1. The lowest BCUT2D eigenvalue weighted by Gasteiger charge is -2.32. The van der Waals surface area contributed by atoms with Crippen molar-refractivity contribution < 1.29 is 4.79 Å². The topological polar surface area (TPSA) is 45.2 Å². The van der Waals surface area contributed by atoms with Crippen LogP contribution in [0.2, 0.25) is 0 Å². The van der Waals surface area contributed by atoms with Crippen LogP contribution in [0.1, 0.15) is 49.2 Å². The highest BCUT2D eigenvalue weighted by Gasteiger charge is 2.24. The number of piperidine rings is 1. The van der Waals surface area contributed by atoms with Gasteiger partial charge in [-0.2, -0.15) is 0 Å². The molecule has 0 radical (unpaired) electrons. The molecule has 2 heterocycles. The highest BCUT2D eigenvalue weighted by atomic mass is 16.2. The van der Waals surface area contributed by atoms with Crippen LogP contribution in [0.4, 0.5) is 5.69 Å². The first kappa shape index (κ1) is 14.8. The molecule has 0 spiro atoms. The number of amides is 1. The Morgan fingerprint density at radius 1 is 1.40 bits per heavy atom. The number of carbonyl (C=O) groups excluding carboxylic acids is 1. The Balaban J connectivity index is 2.13. The zero-order valence-electron chi connectivity index (χ0n) is 12.8. The van der Waals surface area contributed by atoms with Gasteiger partial charge < -0.3 is 10.2 Å². The zero-order chi connectivity index (χ0) is 14.5. The van der Waals surface area contributed by atoms with E-state index in [0.717, 1.165) is 49.8 Å². The number of aryl methyl sites for hydroxylation is 1. The predicted molar refractivity (Wildman–Crippen MR) is 82.1 cm³/mol. The molecular formula is C16H25N3O. The van der Waals surface area contributed by atoms with Crippen molar-refractivity contribution in [3.63, 3.8) is 0 Å². The van der Waals surface area contributed by atoms with E-state index in [-0.39, 0.29) is 5.91 Å². The standard InChI is InChI=1S/C16H25N3O/c1-4-13-6-8-19(9-7-13)16(20)14-11-18-12(3)10-15(14)17-5-2/h10-11,13H,4-9H2,1-3H3,(H,17,18). The van der Waals surface area contributed by atoms with Gasteiger partial charge in [0.2, 0.25) is 0 Å². The smallest absolute Gasteiger partial charge is 0.257 e. The van der Waals surface area contributed by atoms with Crippen LogP contribution in [-0.4, -0.2) is 35.4 Å². The van der Waals surface area contributed by atoms with Gasteiger partial charge in [0.05, 0.1) is 11.3 Å².